The Kier molecular flexibility index (Phi) is 5.81. The zero-order valence-corrected chi connectivity index (χ0v) is 12.6. The van der Waals surface area contributed by atoms with Crippen molar-refractivity contribution in [3.05, 3.63) is 64.7 Å². The molecule has 0 saturated heterocycles. The first-order valence-corrected chi connectivity index (χ1v) is 7.19. The molecule has 2 aromatic rings. The summed E-state index contributed by atoms with van der Waals surface area (Å²) in [6.07, 6.45) is 0.736. The molecule has 0 bridgehead atoms. The number of nitrogens with zero attached hydrogens (tertiary/aromatic N) is 1. The predicted molar refractivity (Wildman–Crippen MR) is 84.8 cm³/mol. The lowest BCUT2D eigenvalue weighted by Crippen LogP contribution is -2.30. The van der Waals surface area contributed by atoms with Crippen LogP contribution in [0.15, 0.2) is 48.5 Å². The van der Waals surface area contributed by atoms with E-state index >= 15 is 0 Å². The Labute approximate surface area is 134 Å². The van der Waals surface area contributed by atoms with Crippen molar-refractivity contribution in [1.82, 2.24) is 5.32 Å². The standard InChI is InChI=1S/C17H15ClN2O2/c18-15-5-1-13(2-6-15)9-10-20-17(21)12-22-16-7-3-14(11-19)4-8-16/h1-8H,9-10,12H2,(H,20,21). The van der Waals surface area contributed by atoms with Crippen LogP contribution in [0.25, 0.3) is 0 Å². The number of nitrogens with one attached hydrogen (secondary N) is 1. The topological polar surface area (TPSA) is 62.1 Å². The lowest BCUT2D eigenvalue weighted by Gasteiger charge is -2.07. The van der Waals surface area contributed by atoms with E-state index in [2.05, 4.69) is 5.32 Å². The molecule has 2 aromatic carbocycles. The summed E-state index contributed by atoms with van der Waals surface area (Å²) in [6.45, 7) is 0.490. The van der Waals surface area contributed by atoms with Gasteiger partial charge in [0.05, 0.1) is 11.6 Å². The number of amides is 1. The van der Waals surface area contributed by atoms with Crippen LogP contribution in [0.5, 0.6) is 5.75 Å². The molecule has 0 heterocycles. The third-order valence-electron chi connectivity index (χ3n) is 3.00. The molecule has 112 valence electrons. The second kappa shape index (κ2) is 8.06. The second-order valence-corrected chi connectivity index (χ2v) is 5.09. The van der Waals surface area contributed by atoms with Gasteiger partial charge in [-0.05, 0) is 48.4 Å². The van der Waals surface area contributed by atoms with Crippen molar-refractivity contribution in [2.45, 2.75) is 6.42 Å². The fourth-order valence-electron chi connectivity index (χ4n) is 1.82. The fraction of sp³-hybridized carbons (Fsp3) is 0.176. The first-order chi connectivity index (χ1) is 10.7. The highest BCUT2D eigenvalue weighted by molar-refractivity contribution is 6.30. The van der Waals surface area contributed by atoms with Gasteiger partial charge in [-0.15, -0.1) is 0 Å². The maximum absolute atomic E-state index is 11.7. The summed E-state index contributed by atoms with van der Waals surface area (Å²) in [5, 5.41) is 12.2. The van der Waals surface area contributed by atoms with Crippen LogP contribution >= 0.6 is 11.6 Å². The molecular weight excluding hydrogens is 300 g/mol. The minimum atomic E-state index is -0.182. The van der Waals surface area contributed by atoms with Crippen molar-refractivity contribution >= 4 is 17.5 Å². The number of rotatable bonds is 6. The Balaban J connectivity index is 1.69. The molecule has 0 fully saturated rings. The van der Waals surface area contributed by atoms with E-state index in [0.717, 1.165) is 12.0 Å². The lowest BCUT2D eigenvalue weighted by molar-refractivity contribution is -0.123. The highest BCUT2D eigenvalue weighted by Crippen LogP contribution is 2.11. The van der Waals surface area contributed by atoms with Crippen LogP contribution in [0.3, 0.4) is 0 Å². The van der Waals surface area contributed by atoms with Gasteiger partial charge in [-0.1, -0.05) is 23.7 Å². The highest BCUT2D eigenvalue weighted by Gasteiger charge is 2.03. The molecule has 1 N–H and O–H groups in total. The number of carbonyl (C=O) groups excluding carboxylic acids is 1. The van der Waals surface area contributed by atoms with Gasteiger partial charge in [0.15, 0.2) is 6.61 Å². The van der Waals surface area contributed by atoms with Gasteiger partial charge in [-0.2, -0.15) is 5.26 Å². The maximum atomic E-state index is 11.7. The van der Waals surface area contributed by atoms with E-state index in [1.54, 1.807) is 24.3 Å². The Morgan fingerprint density at radius 3 is 2.45 bits per heavy atom. The van der Waals surface area contributed by atoms with Crippen LogP contribution in [0.2, 0.25) is 5.02 Å². The van der Waals surface area contributed by atoms with Crippen LogP contribution in [0.4, 0.5) is 0 Å². The molecule has 0 spiro atoms. The van der Waals surface area contributed by atoms with Crippen molar-refractivity contribution < 1.29 is 9.53 Å². The van der Waals surface area contributed by atoms with E-state index in [-0.39, 0.29) is 12.5 Å². The molecule has 0 saturated carbocycles. The zero-order chi connectivity index (χ0) is 15.8. The fourth-order valence-corrected chi connectivity index (χ4v) is 1.95. The van der Waals surface area contributed by atoms with Crippen molar-refractivity contribution in [2.24, 2.45) is 0 Å². The first-order valence-electron chi connectivity index (χ1n) is 6.81. The molecule has 0 aromatic heterocycles. The van der Waals surface area contributed by atoms with E-state index in [4.69, 9.17) is 21.6 Å². The van der Waals surface area contributed by atoms with Crippen LogP contribution in [0.1, 0.15) is 11.1 Å². The molecule has 2 rings (SSSR count). The summed E-state index contributed by atoms with van der Waals surface area (Å²) >= 11 is 5.81. The van der Waals surface area contributed by atoms with Crippen molar-refractivity contribution in [2.75, 3.05) is 13.2 Å². The number of halogens is 1. The maximum Gasteiger partial charge on any atom is 0.257 e. The van der Waals surface area contributed by atoms with Gasteiger partial charge in [0.1, 0.15) is 5.75 Å². The summed E-state index contributed by atoms with van der Waals surface area (Å²) in [6, 6.07) is 16.2. The average molecular weight is 315 g/mol. The molecule has 1 amide bonds. The molecule has 4 nitrogen and oxygen atoms in total. The molecule has 0 radical (unpaired) electrons. The minimum absolute atomic E-state index is 0.0491. The normalized spacial score (nSPS) is 9.82. The number of nitriles is 1. The summed E-state index contributed by atoms with van der Waals surface area (Å²) in [5.74, 6) is 0.380. The average Bonchev–Trinajstić information content (AvgIpc) is 2.55. The number of ether oxygens (including phenoxy) is 1. The van der Waals surface area contributed by atoms with Crippen LogP contribution in [-0.2, 0) is 11.2 Å². The molecular formula is C17H15ClN2O2. The summed E-state index contributed by atoms with van der Waals surface area (Å²) in [4.78, 5) is 11.7. The number of benzene rings is 2. The molecule has 5 heteroatoms. The molecule has 0 unspecified atom stereocenters. The van der Waals surface area contributed by atoms with E-state index in [9.17, 15) is 4.79 Å². The predicted octanol–water partition coefficient (Wildman–Crippen LogP) is 2.95. The van der Waals surface area contributed by atoms with Crippen LogP contribution in [0, 0.1) is 11.3 Å². The SMILES string of the molecule is N#Cc1ccc(OCC(=O)NCCc2ccc(Cl)cc2)cc1. The molecule has 22 heavy (non-hydrogen) atoms. The van der Waals surface area contributed by atoms with Gasteiger partial charge in [0, 0.05) is 11.6 Å². The number of hydrogen-bond acceptors (Lipinski definition) is 3. The quantitative estimate of drug-likeness (QED) is 0.891. The van der Waals surface area contributed by atoms with Crippen molar-refractivity contribution in [3.63, 3.8) is 0 Å². The smallest absolute Gasteiger partial charge is 0.257 e. The molecule has 0 aliphatic heterocycles. The van der Waals surface area contributed by atoms with E-state index < -0.39 is 0 Å². The molecule has 0 atom stereocenters. The van der Waals surface area contributed by atoms with Gasteiger partial charge < -0.3 is 10.1 Å². The van der Waals surface area contributed by atoms with E-state index in [0.29, 0.717) is 22.9 Å². The summed E-state index contributed by atoms with van der Waals surface area (Å²) in [5.41, 5.74) is 1.66. The Bertz CT molecular complexity index is 661. The van der Waals surface area contributed by atoms with Gasteiger partial charge in [-0.25, -0.2) is 0 Å². The minimum Gasteiger partial charge on any atom is -0.484 e. The van der Waals surface area contributed by atoms with E-state index in [1.165, 1.54) is 0 Å². The molecule has 0 aliphatic carbocycles. The number of hydrogen-bond donors (Lipinski definition) is 1. The van der Waals surface area contributed by atoms with Crippen LogP contribution in [-0.4, -0.2) is 19.1 Å². The third kappa shape index (κ3) is 5.12. The third-order valence-corrected chi connectivity index (χ3v) is 3.25. The van der Waals surface area contributed by atoms with Gasteiger partial charge in [-0.3, -0.25) is 4.79 Å². The summed E-state index contributed by atoms with van der Waals surface area (Å²) in [7, 11) is 0. The Hall–Kier alpha value is -2.51. The van der Waals surface area contributed by atoms with Gasteiger partial charge in [0.25, 0.3) is 5.91 Å². The van der Waals surface area contributed by atoms with Gasteiger partial charge in [0.2, 0.25) is 0 Å². The van der Waals surface area contributed by atoms with Crippen LogP contribution < -0.4 is 10.1 Å². The Morgan fingerprint density at radius 1 is 1.14 bits per heavy atom. The Morgan fingerprint density at radius 2 is 1.82 bits per heavy atom. The second-order valence-electron chi connectivity index (χ2n) is 4.65. The van der Waals surface area contributed by atoms with Gasteiger partial charge >= 0.3 is 0 Å². The highest BCUT2D eigenvalue weighted by atomic mass is 35.5. The summed E-state index contributed by atoms with van der Waals surface area (Å²) < 4.78 is 5.35. The van der Waals surface area contributed by atoms with Crippen molar-refractivity contribution in [1.29, 1.82) is 5.26 Å². The monoisotopic (exact) mass is 314 g/mol. The number of carbonyl (C=O) groups is 1. The largest absolute Gasteiger partial charge is 0.484 e. The van der Waals surface area contributed by atoms with Crippen molar-refractivity contribution in [3.8, 4) is 11.8 Å². The first kappa shape index (κ1) is 15.9. The lowest BCUT2D eigenvalue weighted by atomic mass is 10.1. The van der Waals surface area contributed by atoms with E-state index in [1.807, 2.05) is 30.3 Å². The molecule has 0 aliphatic rings. The zero-order valence-electron chi connectivity index (χ0n) is 11.9.